The molecule has 0 aliphatic heterocycles. The van der Waals surface area contributed by atoms with E-state index in [1.165, 1.54) is 18.7 Å². The average molecular weight is 499 g/mol. The number of hydrogen-bond acceptors (Lipinski definition) is 6. The molecule has 8 nitrogen and oxygen atoms in total. The van der Waals surface area contributed by atoms with Gasteiger partial charge in [0.2, 0.25) is 0 Å². The second-order valence-corrected chi connectivity index (χ2v) is 8.90. The summed E-state index contributed by atoms with van der Waals surface area (Å²) >= 11 is 13.5. The largest absolute Gasteiger partial charge is 0.331 e. The minimum Gasteiger partial charge on any atom is -0.297 e. The molecule has 2 aromatic carbocycles. The summed E-state index contributed by atoms with van der Waals surface area (Å²) in [4.78, 5) is 25.0. The molecule has 0 saturated heterocycles. The summed E-state index contributed by atoms with van der Waals surface area (Å²) in [6.45, 7) is 0.394. The van der Waals surface area contributed by atoms with Gasteiger partial charge in [0.25, 0.3) is 5.56 Å². The minimum absolute atomic E-state index is 0.148. The third kappa shape index (κ3) is 4.33. The monoisotopic (exact) mass is 498 g/mol. The van der Waals surface area contributed by atoms with Gasteiger partial charge in [-0.3, -0.25) is 18.5 Å². The zero-order valence-electron chi connectivity index (χ0n) is 17.5. The molecule has 0 bridgehead atoms. The smallest absolute Gasteiger partial charge is 0.297 e. The van der Waals surface area contributed by atoms with Gasteiger partial charge in [0.05, 0.1) is 11.6 Å². The highest BCUT2D eigenvalue weighted by Gasteiger charge is 2.22. The van der Waals surface area contributed by atoms with E-state index in [1.807, 2.05) is 41.0 Å². The lowest BCUT2D eigenvalue weighted by Gasteiger charge is -2.14. The Morgan fingerprint density at radius 1 is 1.03 bits per heavy atom. The zero-order valence-corrected chi connectivity index (χ0v) is 19.8. The van der Waals surface area contributed by atoms with E-state index in [9.17, 15) is 14.9 Å². The molecule has 0 saturated carbocycles. The van der Waals surface area contributed by atoms with E-state index in [-0.39, 0.29) is 10.6 Å². The summed E-state index contributed by atoms with van der Waals surface area (Å²) in [6, 6.07) is 16.6. The number of benzene rings is 2. The van der Waals surface area contributed by atoms with Crippen molar-refractivity contribution in [3.05, 3.63) is 90.5 Å². The molecule has 0 aliphatic carbocycles. The van der Waals surface area contributed by atoms with Crippen molar-refractivity contribution in [2.45, 2.75) is 16.7 Å². The van der Waals surface area contributed by atoms with Gasteiger partial charge in [-0.2, -0.15) is 5.26 Å². The van der Waals surface area contributed by atoms with Crippen LogP contribution in [0.2, 0.25) is 10.0 Å². The lowest BCUT2D eigenvalue weighted by Crippen LogP contribution is -2.39. The van der Waals surface area contributed by atoms with Crippen LogP contribution in [0.4, 0.5) is 0 Å². The first kappa shape index (κ1) is 22.9. The van der Waals surface area contributed by atoms with Crippen LogP contribution >= 0.6 is 35.0 Å². The van der Waals surface area contributed by atoms with Crippen molar-refractivity contribution >= 4 is 35.0 Å². The zero-order chi connectivity index (χ0) is 23.7. The van der Waals surface area contributed by atoms with E-state index in [1.54, 1.807) is 18.2 Å². The highest BCUT2D eigenvalue weighted by Crippen LogP contribution is 2.34. The van der Waals surface area contributed by atoms with Gasteiger partial charge in [-0.1, -0.05) is 53.5 Å². The van der Waals surface area contributed by atoms with Crippen molar-refractivity contribution in [1.29, 1.82) is 5.26 Å². The predicted molar refractivity (Wildman–Crippen MR) is 127 cm³/mol. The first-order valence-corrected chi connectivity index (χ1v) is 11.2. The number of aromatic nitrogens is 5. The van der Waals surface area contributed by atoms with Crippen LogP contribution in [0.3, 0.4) is 0 Å². The van der Waals surface area contributed by atoms with Crippen LogP contribution in [-0.4, -0.2) is 23.9 Å². The number of hydrogen-bond donors (Lipinski definition) is 0. The maximum Gasteiger partial charge on any atom is 0.331 e. The van der Waals surface area contributed by atoms with E-state index in [2.05, 4.69) is 10.2 Å². The maximum atomic E-state index is 12.5. The quantitative estimate of drug-likeness (QED) is 0.388. The fourth-order valence-corrected chi connectivity index (χ4v) is 4.73. The molecule has 0 aliphatic rings. The van der Waals surface area contributed by atoms with Crippen LogP contribution in [0.25, 0.3) is 11.4 Å². The highest BCUT2D eigenvalue weighted by molar-refractivity contribution is 7.99. The van der Waals surface area contributed by atoms with Crippen molar-refractivity contribution < 1.29 is 0 Å². The standard InChI is InChI=1S/C22H16Cl2N6O2S/c1-28-19(31)16(11-25)20(29(2)22(28)32)33-21-27-26-18(15-9-8-14(23)10-17(15)24)30(21)12-13-6-4-3-5-7-13/h3-10H,12H2,1-2H3. The molecule has 0 N–H and O–H groups in total. The molecule has 0 radical (unpaired) electrons. The lowest BCUT2D eigenvalue weighted by molar-refractivity contribution is 0.628. The molecule has 33 heavy (non-hydrogen) atoms. The Morgan fingerprint density at radius 3 is 2.42 bits per heavy atom. The van der Waals surface area contributed by atoms with Crippen LogP contribution in [0.5, 0.6) is 0 Å². The van der Waals surface area contributed by atoms with Gasteiger partial charge in [0, 0.05) is 24.7 Å². The molecule has 0 unspecified atom stereocenters. The van der Waals surface area contributed by atoms with Gasteiger partial charge < -0.3 is 0 Å². The molecule has 0 amide bonds. The van der Waals surface area contributed by atoms with E-state index < -0.39 is 11.2 Å². The Hall–Kier alpha value is -3.32. The second kappa shape index (κ2) is 9.27. The van der Waals surface area contributed by atoms with Crippen LogP contribution in [-0.2, 0) is 20.6 Å². The average Bonchev–Trinajstić information content (AvgIpc) is 3.18. The Balaban J connectivity index is 1.90. The SMILES string of the molecule is Cn1c(Sc2nnc(-c3ccc(Cl)cc3Cl)n2Cc2ccccc2)c(C#N)c(=O)n(C)c1=O. The van der Waals surface area contributed by atoms with Gasteiger partial charge in [0.1, 0.15) is 16.7 Å². The molecular formula is C22H16Cl2N6O2S. The first-order valence-electron chi connectivity index (χ1n) is 9.62. The molecule has 0 atom stereocenters. The fourth-order valence-electron chi connectivity index (χ4n) is 3.27. The van der Waals surface area contributed by atoms with Crippen molar-refractivity contribution in [1.82, 2.24) is 23.9 Å². The van der Waals surface area contributed by atoms with Crippen molar-refractivity contribution in [3.8, 4) is 17.5 Å². The number of nitrogens with zero attached hydrogens (tertiary/aromatic N) is 6. The van der Waals surface area contributed by atoms with Crippen molar-refractivity contribution in [3.63, 3.8) is 0 Å². The van der Waals surface area contributed by atoms with E-state index in [0.29, 0.717) is 33.1 Å². The van der Waals surface area contributed by atoms with Gasteiger partial charge in [-0.05, 0) is 35.5 Å². The van der Waals surface area contributed by atoms with Crippen molar-refractivity contribution in [2.24, 2.45) is 14.1 Å². The van der Waals surface area contributed by atoms with Crippen LogP contribution in [0.1, 0.15) is 11.1 Å². The Kier molecular flexibility index (Phi) is 6.42. The molecule has 0 fully saturated rings. The molecule has 11 heteroatoms. The number of nitriles is 1. The first-order chi connectivity index (χ1) is 15.8. The summed E-state index contributed by atoms with van der Waals surface area (Å²) in [5.74, 6) is 0.482. The minimum atomic E-state index is -0.668. The number of rotatable bonds is 5. The van der Waals surface area contributed by atoms with Crippen molar-refractivity contribution in [2.75, 3.05) is 0 Å². The van der Waals surface area contributed by atoms with E-state index >= 15 is 0 Å². The summed E-state index contributed by atoms with van der Waals surface area (Å²) < 4.78 is 3.97. The lowest BCUT2D eigenvalue weighted by atomic mass is 10.2. The van der Waals surface area contributed by atoms with E-state index in [0.717, 1.165) is 21.9 Å². The topological polar surface area (TPSA) is 98.5 Å². The highest BCUT2D eigenvalue weighted by atomic mass is 35.5. The van der Waals surface area contributed by atoms with E-state index in [4.69, 9.17) is 23.2 Å². The Morgan fingerprint density at radius 2 is 1.76 bits per heavy atom. The van der Waals surface area contributed by atoms with Crippen LogP contribution in [0.15, 0.2) is 68.3 Å². The molecule has 166 valence electrons. The van der Waals surface area contributed by atoms with Gasteiger partial charge in [0.15, 0.2) is 11.0 Å². The molecule has 2 heterocycles. The molecular weight excluding hydrogens is 483 g/mol. The summed E-state index contributed by atoms with van der Waals surface area (Å²) in [7, 11) is 2.83. The van der Waals surface area contributed by atoms with Crippen LogP contribution in [0, 0.1) is 11.3 Å². The Bertz CT molecular complexity index is 1520. The third-order valence-electron chi connectivity index (χ3n) is 4.98. The Labute approximate surface area is 202 Å². The fraction of sp³-hybridized carbons (Fsp3) is 0.136. The molecule has 0 spiro atoms. The molecule has 4 rings (SSSR count). The molecule has 2 aromatic heterocycles. The normalized spacial score (nSPS) is 10.9. The summed E-state index contributed by atoms with van der Waals surface area (Å²) in [5, 5.41) is 19.7. The second-order valence-electron chi connectivity index (χ2n) is 7.10. The summed E-state index contributed by atoms with van der Waals surface area (Å²) in [6.07, 6.45) is 0. The summed E-state index contributed by atoms with van der Waals surface area (Å²) in [5.41, 5.74) is 0.235. The van der Waals surface area contributed by atoms with Gasteiger partial charge in [-0.15, -0.1) is 10.2 Å². The maximum absolute atomic E-state index is 12.5. The predicted octanol–water partition coefficient (Wildman–Crippen LogP) is 3.72. The van der Waals surface area contributed by atoms with Gasteiger partial charge >= 0.3 is 5.69 Å². The van der Waals surface area contributed by atoms with Gasteiger partial charge in [-0.25, -0.2) is 4.79 Å². The third-order valence-corrected chi connectivity index (χ3v) is 6.69. The van der Waals surface area contributed by atoms with Crippen LogP contribution < -0.4 is 11.2 Å². The number of halogens is 2. The molecule has 4 aromatic rings.